The predicted molar refractivity (Wildman–Crippen MR) is 68.9 cm³/mol. The number of para-hydroxylation sites is 1. The van der Waals surface area contributed by atoms with E-state index in [1.807, 2.05) is 30.0 Å². The van der Waals surface area contributed by atoms with Gasteiger partial charge >= 0.3 is 0 Å². The summed E-state index contributed by atoms with van der Waals surface area (Å²) >= 11 is 1.95. The fraction of sp³-hybridized carbons (Fsp3) is 0.462. The van der Waals surface area contributed by atoms with Gasteiger partial charge in [-0.2, -0.15) is 17.0 Å². The van der Waals surface area contributed by atoms with Crippen LogP contribution in [0.4, 0.5) is 0 Å². The van der Waals surface area contributed by atoms with Crippen LogP contribution in [-0.2, 0) is 0 Å². The molecule has 16 heavy (non-hydrogen) atoms. The zero-order valence-corrected chi connectivity index (χ0v) is 10.4. The second-order valence-corrected chi connectivity index (χ2v) is 4.65. The lowest BCUT2D eigenvalue weighted by atomic mass is 10.2. The lowest BCUT2D eigenvalue weighted by Gasteiger charge is -2.06. The summed E-state index contributed by atoms with van der Waals surface area (Å²) in [6.07, 6.45) is 2.26. The van der Waals surface area contributed by atoms with Gasteiger partial charge in [-0.25, -0.2) is 0 Å². The van der Waals surface area contributed by atoms with E-state index in [-0.39, 0.29) is 0 Å². The van der Waals surface area contributed by atoms with E-state index in [1.165, 1.54) is 12.2 Å². The molecule has 0 fully saturated rings. The molecule has 0 aromatic heterocycles. The van der Waals surface area contributed by atoms with Gasteiger partial charge in [0, 0.05) is 0 Å². The molecule has 0 radical (unpaired) electrons. The molecule has 0 aliphatic carbocycles. The van der Waals surface area contributed by atoms with Crippen LogP contribution in [0.5, 0.6) is 5.75 Å². The highest BCUT2D eigenvalue weighted by Gasteiger charge is 2.00. The molecule has 0 aliphatic rings. The van der Waals surface area contributed by atoms with Crippen LogP contribution in [-0.4, -0.2) is 18.1 Å². The van der Waals surface area contributed by atoms with E-state index in [0.29, 0.717) is 17.9 Å². The highest BCUT2D eigenvalue weighted by atomic mass is 32.2. The van der Waals surface area contributed by atoms with Crippen LogP contribution in [0.2, 0.25) is 0 Å². The van der Waals surface area contributed by atoms with E-state index in [4.69, 9.17) is 10.00 Å². The van der Waals surface area contributed by atoms with E-state index in [2.05, 4.69) is 13.0 Å². The largest absolute Gasteiger partial charge is 0.492 e. The standard InChI is InChI=1S/C13H17NOS/c1-2-9-16-10-5-8-15-13-7-4-3-6-12(13)11-14/h3-4,6-7H,2,5,8-10H2,1H3. The maximum atomic E-state index is 8.86. The Morgan fingerprint density at radius 3 is 2.88 bits per heavy atom. The van der Waals surface area contributed by atoms with Crippen molar-refractivity contribution in [1.29, 1.82) is 5.26 Å². The van der Waals surface area contributed by atoms with Crippen LogP contribution in [0.15, 0.2) is 24.3 Å². The van der Waals surface area contributed by atoms with Gasteiger partial charge in [-0.1, -0.05) is 19.1 Å². The molecule has 86 valence electrons. The second-order valence-electron chi connectivity index (χ2n) is 3.42. The van der Waals surface area contributed by atoms with E-state index in [1.54, 1.807) is 6.07 Å². The molecule has 3 heteroatoms. The van der Waals surface area contributed by atoms with Crippen molar-refractivity contribution in [2.45, 2.75) is 19.8 Å². The Balaban J connectivity index is 2.24. The summed E-state index contributed by atoms with van der Waals surface area (Å²) < 4.78 is 5.57. The number of nitriles is 1. The van der Waals surface area contributed by atoms with Crippen molar-refractivity contribution in [1.82, 2.24) is 0 Å². The third-order valence-corrected chi connectivity index (χ3v) is 3.32. The first kappa shape index (κ1) is 12.9. The third-order valence-electron chi connectivity index (χ3n) is 2.05. The molecule has 0 N–H and O–H groups in total. The Hall–Kier alpha value is -1.14. The minimum atomic E-state index is 0.615. The number of hydrogen-bond acceptors (Lipinski definition) is 3. The first-order chi connectivity index (χ1) is 7.88. The van der Waals surface area contributed by atoms with Gasteiger partial charge in [0.25, 0.3) is 0 Å². The van der Waals surface area contributed by atoms with Gasteiger partial charge in [0.05, 0.1) is 12.2 Å². The summed E-state index contributed by atoms with van der Waals surface area (Å²) in [5, 5.41) is 8.86. The molecule has 0 saturated heterocycles. The summed E-state index contributed by atoms with van der Waals surface area (Å²) in [7, 11) is 0. The molecule has 0 aliphatic heterocycles. The number of rotatable bonds is 7. The van der Waals surface area contributed by atoms with Gasteiger partial charge in [0.1, 0.15) is 11.8 Å². The molecule has 0 unspecified atom stereocenters. The minimum Gasteiger partial charge on any atom is -0.492 e. The lowest BCUT2D eigenvalue weighted by molar-refractivity contribution is 0.318. The van der Waals surface area contributed by atoms with E-state index in [0.717, 1.165) is 12.2 Å². The van der Waals surface area contributed by atoms with Crippen molar-refractivity contribution in [3.63, 3.8) is 0 Å². The minimum absolute atomic E-state index is 0.615. The number of ether oxygens (including phenoxy) is 1. The average molecular weight is 235 g/mol. The Bertz CT molecular complexity index is 346. The van der Waals surface area contributed by atoms with Crippen molar-refractivity contribution >= 4 is 11.8 Å². The Kier molecular flexibility index (Phi) is 6.52. The molecule has 0 amide bonds. The van der Waals surface area contributed by atoms with Crippen LogP contribution >= 0.6 is 11.8 Å². The summed E-state index contributed by atoms with van der Waals surface area (Å²) in [4.78, 5) is 0. The monoisotopic (exact) mass is 235 g/mol. The highest BCUT2D eigenvalue weighted by molar-refractivity contribution is 7.99. The molecule has 1 aromatic rings. The number of nitrogens with zero attached hydrogens (tertiary/aromatic N) is 1. The number of hydrogen-bond donors (Lipinski definition) is 0. The summed E-state index contributed by atoms with van der Waals surface area (Å²) in [6.45, 7) is 2.88. The van der Waals surface area contributed by atoms with Crippen molar-refractivity contribution < 1.29 is 4.74 Å². The normalized spacial score (nSPS) is 9.75. The van der Waals surface area contributed by atoms with E-state index >= 15 is 0 Å². The molecule has 0 spiro atoms. The lowest BCUT2D eigenvalue weighted by Crippen LogP contribution is -2.00. The average Bonchev–Trinajstić information content (AvgIpc) is 2.34. The predicted octanol–water partition coefficient (Wildman–Crippen LogP) is 3.47. The highest BCUT2D eigenvalue weighted by Crippen LogP contribution is 2.16. The number of thioether (sulfide) groups is 1. The van der Waals surface area contributed by atoms with Crippen LogP contribution in [0.25, 0.3) is 0 Å². The van der Waals surface area contributed by atoms with Crippen molar-refractivity contribution in [2.75, 3.05) is 18.1 Å². The van der Waals surface area contributed by atoms with Gasteiger partial charge in [-0.3, -0.25) is 0 Å². The maximum absolute atomic E-state index is 8.86. The zero-order chi connectivity index (χ0) is 11.6. The molecule has 2 nitrogen and oxygen atoms in total. The smallest absolute Gasteiger partial charge is 0.137 e. The molecule has 0 bridgehead atoms. The van der Waals surface area contributed by atoms with Gasteiger partial charge in [0.2, 0.25) is 0 Å². The summed E-state index contributed by atoms with van der Waals surface area (Å²) in [5.41, 5.74) is 0.615. The summed E-state index contributed by atoms with van der Waals surface area (Å²) in [6, 6.07) is 9.49. The van der Waals surface area contributed by atoms with E-state index in [9.17, 15) is 0 Å². The maximum Gasteiger partial charge on any atom is 0.137 e. The molecule has 1 aromatic carbocycles. The fourth-order valence-electron chi connectivity index (χ4n) is 1.27. The molecule has 0 saturated carbocycles. The quantitative estimate of drug-likeness (QED) is 0.678. The van der Waals surface area contributed by atoms with Crippen LogP contribution in [0.3, 0.4) is 0 Å². The molecule has 0 atom stereocenters. The van der Waals surface area contributed by atoms with Crippen molar-refractivity contribution in [3.05, 3.63) is 29.8 Å². The Labute approximate surface area is 102 Å². The van der Waals surface area contributed by atoms with Crippen molar-refractivity contribution in [3.8, 4) is 11.8 Å². The molecular weight excluding hydrogens is 218 g/mol. The van der Waals surface area contributed by atoms with Gasteiger partial charge in [-0.15, -0.1) is 0 Å². The second kappa shape index (κ2) is 8.06. The first-order valence-corrected chi connectivity index (χ1v) is 6.73. The van der Waals surface area contributed by atoms with Crippen molar-refractivity contribution in [2.24, 2.45) is 0 Å². The van der Waals surface area contributed by atoms with Gasteiger partial charge in [-0.05, 0) is 36.5 Å². The topological polar surface area (TPSA) is 33.0 Å². The molecule has 0 heterocycles. The van der Waals surface area contributed by atoms with Gasteiger partial charge < -0.3 is 4.74 Å². The fourth-order valence-corrected chi connectivity index (χ4v) is 2.09. The number of benzene rings is 1. The van der Waals surface area contributed by atoms with Crippen LogP contribution < -0.4 is 4.74 Å². The SMILES string of the molecule is CCCSCCCOc1ccccc1C#N. The van der Waals surface area contributed by atoms with E-state index < -0.39 is 0 Å². The molecular formula is C13H17NOS. The third kappa shape index (κ3) is 4.59. The molecule has 1 rings (SSSR count). The van der Waals surface area contributed by atoms with Crippen LogP contribution in [0.1, 0.15) is 25.3 Å². The Morgan fingerprint density at radius 1 is 1.31 bits per heavy atom. The summed E-state index contributed by atoms with van der Waals surface area (Å²) in [5.74, 6) is 3.04. The van der Waals surface area contributed by atoms with Crippen LogP contribution in [0, 0.1) is 11.3 Å². The first-order valence-electron chi connectivity index (χ1n) is 5.58. The Morgan fingerprint density at radius 2 is 2.12 bits per heavy atom. The van der Waals surface area contributed by atoms with Gasteiger partial charge in [0.15, 0.2) is 0 Å². The zero-order valence-electron chi connectivity index (χ0n) is 9.61.